The van der Waals surface area contributed by atoms with Gasteiger partial charge in [-0.25, -0.2) is 0 Å². The maximum atomic E-state index is 12.2. The van der Waals surface area contributed by atoms with Crippen molar-refractivity contribution >= 4 is 36.6 Å². The number of hydrogen-bond acceptors (Lipinski definition) is 5. The van der Waals surface area contributed by atoms with Gasteiger partial charge >= 0.3 is 0 Å². The van der Waals surface area contributed by atoms with Gasteiger partial charge in [0.25, 0.3) is 0 Å². The summed E-state index contributed by atoms with van der Waals surface area (Å²) in [6.07, 6.45) is 6.70. The minimum absolute atomic E-state index is 0. The quantitative estimate of drug-likeness (QED) is 0.640. The van der Waals surface area contributed by atoms with Crippen LogP contribution in [-0.2, 0) is 9.59 Å². The molecule has 0 atom stereocenters. The van der Waals surface area contributed by atoms with Gasteiger partial charge in [-0.05, 0) is 12.8 Å². The van der Waals surface area contributed by atoms with E-state index in [9.17, 15) is 9.59 Å². The second-order valence-corrected chi connectivity index (χ2v) is 7.90. The van der Waals surface area contributed by atoms with Crippen molar-refractivity contribution in [1.29, 1.82) is 0 Å². The number of halogens is 2. The zero-order valence-electron chi connectivity index (χ0n) is 16.9. The van der Waals surface area contributed by atoms with Gasteiger partial charge in [-0.15, -0.1) is 24.8 Å². The van der Waals surface area contributed by atoms with Crippen LogP contribution >= 0.6 is 24.8 Å². The normalized spacial score (nSPS) is 22.1. The first-order valence-corrected chi connectivity index (χ1v) is 10.4. The van der Waals surface area contributed by atoms with Crippen LogP contribution in [0.4, 0.5) is 0 Å². The molecule has 3 fully saturated rings. The molecule has 3 rings (SSSR count). The topological polar surface area (TPSA) is 67.9 Å². The van der Waals surface area contributed by atoms with Crippen LogP contribution in [0.1, 0.15) is 38.5 Å². The Morgan fingerprint density at radius 2 is 1.46 bits per heavy atom. The highest BCUT2D eigenvalue weighted by Gasteiger charge is 2.22. The second-order valence-electron chi connectivity index (χ2n) is 7.90. The van der Waals surface area contributed by atoms with E-state index in [-0.39, 0.29) is 36.6 Å². The SMILES string of the molecule is Cl.Cl.O=C(CN1CCN(CCC(=O)N2CCNCC2)CC1)NC1CCCCC1. The molecule has 0 aromatic heterocycles. The average Bonchev–Trinajstić information content (AvgIpc) is 2.68. The zero-order chi connectivity index (χ0) is 18.2. The molecule has 1 saturated carbocycles. The Labute approximate surface area is 181 Å². The summed E-state index contributed by atoms with van der Waals surface area (Å²) < 4.78 is 0. The smallest absolute Gasteiger partial charge is 0.234 e. The lowest BCUT2D eigenvalue weighted by Gasteiger charge is -2.35. The van der Waals surface area contributed by atoms with Gasteiger partial charge in [-0.2, -0.15) is 0 Å². The fourth-order valence-corrected chi connectivity index (χ4v) is 4.22. The molecule has 9 heteroatoms. The van der Waals surface area contributed by atoms with Crippen LogP contribution in [0, 0.1) is 0 Å². The van der Waals surface area contributed by atoms with Crippen LogP contribution in [0.25, 0.3) is 0 Å². The van der Waals surface area contributed by atoms with Gasteiger partial charge in [-0.3, -0.25) is 14.5 Å². The molecule has 0 aromatic rings. The predicted molar refractivity (Wildman–Crippen MR) is 116 cm³/mol. The van der Waals surface area contributed by atoms with E-state index in [1.807, 2.05) is 4.90 Å². The minimum atomic E-state index is 0. The summed E-state index contributed by atoms with van der Waals surface area (Å²) in [5.41, 5.74) is 0. The number of amides is 2. The highest BCUT2D eigenvalue weighted by Crippen LogP contribution is 2.17. The number of nitrogens with one attached hydrogen (secondary N) is 2. The molecule has 3 aliphatic rings. The fraction of sp³-hybridized carbons (Fsp3) is 0.895. The largest absolute Gasteiger partial charge is 0.352 e. The Hall–Kier alpha value is -0.600. The summed E-state index contributed by atoms with van der Waals surface area (Å²) in [6, 6.07) is 0.397. The third-order valence-electron chi connectivity index (χ3n) is 5.91. The van der Waals surface area contributed by atoms with Crippen molar-refractivity contribution in [3.63, 3.8) is 0 Å². The third-order valence-corrected chi connectivity index (χ3v) is 5.91. The number of hydrogen-bond donors (Lipinski definition) is 2. The molecule has 2 heterocycles. The monoisotopic (exact) mass is 437 g/mol. The van der Waals surface area contributed by atoms with E-state index in [1.165, 1.54) is 19.3 Å². The first kappa shape index (κ1) is 25.4. The van der Waals surface area contributed by atoms with Crippen LogP contribution in [-0.4, -0.2) is 98.0 Å². The molecule has 2 aliphatic heterocycles. The Balaban J connectivity index is 0.00000196. The molecule has 0 radical (unpaired) electrons. The molecule has 2 amide bonds. The molecular formula is C19H37Cl2N5O2. The summed E-state index contributed by atoms with van der Waals surface area (Å²) in [7, 11) is 0. The van der Waals surface area contributed by atoms with E-state index in [1.54, 1.807) is 0 Å². The molecule has 0 bridgehead atoms. The van der Waals surface area contributed by atoms with Gasteiger partial charge in [0.05, 0.1) is 6.54 Å². The first-order valence-electron chi connectivity index (χ1n) is 10.4. The van der Waals surface area contributed by atoms with Crippen LogP contribution < -0.4 is 10.6 Å². The van der Waals surface area contributed by atoms with Crippen molar-refractivity contribution in [3.8, 4) is 0 Å². The van der Waals surface area contributed by atoms with Gasteiger partial charge in [0.2, 0.25) is 11.8 Å². The van der Waals surface area contributed by atoms with Crippen molar-refractivity contribution in [2.24, 2.45) is 0 Å². The van der Waals surface area contributed by atoms with Crippen molar-refractivity contribution < 1.29 is 9.59 Å². The molecule has 2 saturated heterocycles. The Bertz CT molecular complexity index is 463. The second kappa shape index (κ2) is 13.6. The van der Waals surface area contributed by atoms with Gasteiger partial charge in [0.1, 0.15) is 0 Å². The molecule has 28 heavy (non-hydrogen) atoms. The number of piperazine rings is 2. The van der Waals surface area contributed by atoms with Crippen molar-refractivity contribution in [2.75, 3.05) is 65.4 Å². The number of carbonyl (C=O) groups is 2. The Morgan fingerprint density at radius 3 is 2.11 bits per heavy atom. The number of carbonyl (C=O) groups excluding carboxylic acids is 2. The Morgan fingerprint density at radius 1 is 0.857 bits per heavy atom. The molecular weight excluding hydrogens is 401 g/mol. The number of nitrogens with zero attached hydrogens (tertiary/aromatic N) is 3. The first-order chi connectivity index (χ1) is 12.7. The van der Waals surface area contributed by atoms with Crippen molar-refractivity contribution in [1.82, 2.24) is 25.3 Å². The highest BCUT2D eigenvalue weighted by atomic mass is 35.5. The molecule has 2 N–H and O–H groups in total. The van der Waals surface area contributed by atoms with Crippen LogP contribution in [0.5, 0.6) is 0 Å². The average molecular weight is 438 g/mol. The van der Waals surface area contributed by atoms with E-state index in [2.05, 4.69) is 20.4 Å². The molecule has 0 aromatic carbocycles. The molecule has 0 unspecified atom stereocenters. The van der Waals surface area contributed by atoms with Gasteiger partial charge < -0.3 is 20.4 Å². The summed E-state index contributed by atoms with van der Waals surface area (Å²) in [5.74, 6) is 0.458. The fourth-order valence-electron chi connectivity index (χ4n) is 4.22. The van der Waals surface area contributed by atoms with Gasteiger partial charge in [0.15, 0.2) is 0 Å². The maximum Gasteiger partial charge on any atom is 0.234 e. The highest BCUT2D eigenvalue weighted by molar-refractivity contribution is 5.85. The van der Waals surface area contributed by atoms with Crippen molar-refractivity contribution in [3.05, 3.63) is 0 Å². The van der Waals surface area contributed by atoms with E-state index < -0.39 is 0 Å². The summed E-state index contributed by atoms with van der Waals surface area (Å²) in [6.45, 7) is 8.58. The van der Waals surface area contributed by atoms with Crippen LogP contribution in [0.3, 0.4) is 0 Å². The lowest BCUT2D eigenvalue weighted by atomic mass is 9.95. The molecule has 164 valence electrons. The van der Waals surface area contributed by atoms with Crippen LogP contribution in [0.15, 0.2) is 0 Å². The van der Waals surface area contributed by atoms with Crippen molar-refractivity contribution in [2.45, 2.75) is 44.6 Å². The summed E-state index contributed by atoms with van der Waals surface area (Å²) in [4.78, 5) is 31.1. The summed E-state index contributed by atoms with van der Waals surface area (Å²) >= 11 is 0. The Kier molecular flexibility index (Phi) is 12.3. The zero-order valence-corrected chi connectivity index (χ0v) is 18.5. The minimum Gasteiger partial charge on any atom is -0.352 e. The molecule has 0 spiro atoms. The predicted octanol–water partition coefficient (Wildman–Crippen LogP) is 0.718. The molecule has 1 aliphatic carbocycles. The van der Waals surface area contributed by atoms with E-state index in [0.717, 1.165) is 71.7 Å². The van der Waals surface area contributed by atoms with Gasteiger partial charge in [-0.1, -0.05) is 19.3 Å². The third kappa shape index (κ3) is 8.41. The van der Waals surface area contributed by atoms with E-state index >= 15 is 0 Å². The maximum absolute atomic E-state index is 12.2. The van der Waals surface area contributed by atoms with Crippen LogP contribution in [0.2, 0.25) is 0 Å². The lowest BCUT2D eigenvalue weighted by molar-refractivity contribution is -0.132. The lowest BCUT2D eigenvalue weighted by Crippen LogP contribution is -2.51. The number of rotatable bonds is 6. The molecule has 7 nitrogen and oxygen atoms in total. The summed E-state index contributed by atoms with van der Waals surface area (Å²) in [5, 5.41) is 6.48. The van der Waals surface area contributed by atoms with E-state index in [4.69, 9.17) is 0 Å². The van der Waals surface area contributed by atoms with Gasteiger partial charge in [0, 0.05) is 71.4 Å². The standard InChI is InChI=1S/C19H35N5O2.2ClH/c25-18(21-17-4-2-1-3-5-17)16-23-14-12-22(13-15-23)9-6-19(26)24-10-7-20-8-11-24;;/h17,20H,1-16H2,(H,21,25);2*1H. The van der Waals surface area contributed by atoms with E-state index in [0.29, 0.717) is 19.0 Å².